The number of hydrogen-bond acceptors (Lipinski definition) is 6. The Morgan fingerprint density at radius 2 is 2.06 bits per heavy atom. The molecule has 8 nitrogen and oxygen atoms in total. The fourth-order valence-corrected chi connectivity index (χ4v) is 4.80. The van der Waals surface area contributed by atoms with Crippen LogP contribution in [0.1, 0.15) is 45.1 Å². The van der Waals surface area contributed by atoms with E-state index >= 15 is 0 Å². The summed E-state index contributed by atoms with van der Waals surface area (Å²) in [6.07, 6.45) is 3.63. The lowest BCUT2D eigenvalue weighted by Gasteiger charge is -2.38. The van der Waals surface area contributed by atoms with Gasteiger partial charge >= 0.3 is 5.97 Å². The Morgan fingerprint density at radius 1 is 1.25 bits per heavy atom. The van der Waals surface area contributed by atoms with E-state index in [4.69, 9.17) is 23.9 Å². The number of carbonyl (C=O) groups is 1. The van der Waals surface area contributed by atoms with Crippen molar-refractivity contribution in [2.24, 2.45) is 10.9 Å². The van der Waals surface area contributed by atoms with Gasteiger partial charge in [0.15, 0.2) is 17.5 Å². The summed E-state index contributed by atoms with van der Waals surface area (Å²) in [4.78, 5) is 19.6. The van der Waals surface area contributed by atoms with Gasteiger partial charge in [-0.2, -0.15) is 0 Å². The summed E-state index contributed by atoms with van der Waals surface area (Å²) in [7, 11) is 0. The van der Waals surface area contributed by atoms with Crippen LogP contribution in [-0.4, -0.2) is 69.6 Å². The highest BCUT2D eigenvalue weighted by molar-refractivity contribution is 5.81. The molecule has 0 saturated carbocycles. The number of fused-ring (bicyclic) bond motifs is 1. The van der Waals surface area contributed by atoms with Crippen LogP contribution in [0.25, 0.3) is 0 Å². The van der Waals surface area contributed by atoms with E-state index in [-0.39, 0.29) is 24.1 Å². The molecule has 8 heteroatoms. The molecule has 176 valence electrons. The minimum absolute atomic E-state index is 0.0987. The van der Waals surface area contributed by atoms with Crippen LogP contribution in [-0.2, 0) is 19.7 Å². The molecule has 0 aromatic heterocycles. The van der Waals surface area contributed by atoms with Crippen LogP contribution >= 0.6 is 0 Å². The lowest BCUT2D eigenvalue weighted by atomic mass is 9.74. The summed E-state index contributed by atoms with van der Waals surface area (Å²) in [6.45, 7) is 9.02. The molecule has 0 radical (unpaired) electrons. The van der Waals surface area contributed by atoms with Gasteiger partial charge in [-0.15, -0.1) is 0 Å². The van der Waals surface area contributed by atoms with Crippen LogP contribution in [0, 0.1) is 5.92 Å². The Labute approximate surface area is 190 Å². The number of ether oxygens (including phenoxy) is 4. The maximum atomic E-state index is 12.3. The van der Waals surface area contributed by atoms with Gasteiger partial charge in [-0.25, -0.2) is 0 Å². The molecule has 2 fully saturated rings. The monoisotopic (exact) mass is 445 g/mol. The van der Waals surface area contributed by atoms with E-state index in [0.717, 1.165) is 69.4 Å². The van der Waals surface area contributed by atoms with Gasteiger partial charge in [-0.3, -0.25) is 9.79 Å². The number of nitrogens with one attached hydrogen (secondary N) is 1. The molecule has 1 unspecified atom stereocenters. The van der Waals surface area contributed by atoms with Gasteiger partial charge in [0.1, 0.15) is 0 Å². The van der Waals surface area contributed by atoms with E-state index in [0.29, 0.717) is 19.7 Å². The molecule has 3 aliphatic heterocycles. The van der Waals surface area contributed by atoms with Gasteiger partial charge in [0, 0.05) is 38.3 Å². The Kier molecular flexibility index (Phi) is 7.40. The molecule has 3 heterocycles. The zero-order chi connectivity index (χ0) is 22.4. The molecule has 1 aromatic rings. The first-order chi connectivity index (χ1) is 15.6. The number of carbonyl (C=O) groups excluding carboxylic acids is 1. The highest BCUT2D eigenvalue weighted by Crippen LogP contribution is 2.41. The van der Waals surface area contributed by atoms with E-state index in [9.17, 15) is 4.79 Å². The smallest absolute Gasteiger partial charge is 0.310 e. The number of likely N-dealkylation sites (tertiary alicyclic amines) is 1. The molecule has 3 aliphatic rings. The Balaban J connectivity index is 1.55. The topological polar surface area (TPSA) is 81.6 Å². The molecule has 0 amide bonds. The minimum atomic E-state index is -0.115. The summed E-state index contributed by atoms with van der Waals surface area (Å²) in [5.74, 6) is 2.27. The SMILES string of the molecule is CCNC(=NCC1(c2ccc3c(c2)OCO3)CCOCC1)N1CCCC(C(=O)OCC)C1. The minimum Gasteiger partial charge on any atom is -0.466 e. The molecule has 0 bridgehead atoms. The summed E-state index contributed by atoms with van der Waals surface area (Å²) in [5, 5.41) is 3.44. The van der Waals surface area contributed by atoms with E-state index in [2.05, 4.69) is 29.3 Å². The van der Waals surface area contributed by atoms with Crippen molar-refractivity contribution in [3.63, 3.8) is 0 Å². The van der Waals surface area contributed by atoms with Crippen LogP contribution in [0.2, 0.25) is 0 Å². The van der Waals surface area contributed by atoms with Crippen molar-refractivity contribution >= 4 is 11.9 Å². The van der Waals surface area contributed by atoms with Crippen LogP contribution in [0.15, 0.2) is 23.2 Å². The second kappa shape index (κ2) is 10.4. The van der Waals surface area contributed by atoms with Crippen LogP contribution < -0.4 is 14.8 Å². The summed E-state index contributed by atoms with van der Waals surface area (Å²) in [5.41, 5.74) is 1.10. The Bertz CT molecular complexity index is 822. The zero-order valence-corrected chi connectivity index (χ0v) is 19.2. The van der Waals surface area contributed by atoms with Gasteiger partial charge in [0.05, 0.1) is 19.1 Å². The highest BCUT2D eigenvalue weighted by Gasteiger charge is 2.36. The zero-order valence-electron chi connectivity index (χ0n) is 19.2. The van der Waals surface area contributed by atoms with Gasteiger partial charge in [0.25, 0.3) is 0 Å². The van der Waals surface area contributed by atoms with Gasteiger partial charge in [0.2, 0.25) is 6.79 Å². The molecule has 0 spiro atoms. The van der Waals surface area contributed by atoms with Crippen molar-refractivity contribution in [2.45, 2.75) is 44.9 Å². The van der Waals surface area contributed by atoms with Crippen molar-refractivity contribution in [2.75, 3.05) is 52.8 Å². The second-order valence-corrected chi connectivity index (χ2v) is 8.67. The first-order valence-electron chi connectivity index (χ1n) is 11.8. The van der Waals surface area contributed by atoms with Crippen molar-refractivity contribution in [3.8, 4) is 11.5 Å². The van der Waals surface area contributed by atoms with Gasteiger partial charge in [-0.05, 0) is 57.2 Å². The van der Waals surface area contributed by atoms with Gasteiger partial charge < -0.3 is 29.2 Å². The maximum Gasteiger partial charge on any atom is 0.310 e. The van der Waals surface area contributed by atoms with Crippen LogP contribution in [0.5, 0.6) is 11.5 Å². The molecule has 1 aromatic carbocycles. The fraction of sp³-hybridized carbons (Fsp3) is 0.667. The number of esters is 1. The average Bonchev–Trinajstić information content (AvgIpc) is 3.31. The number of rotatable bonds is 6. The summed E-state index contributed by atoms with van der Waals surface area (Å²) >= 11 is 0. The van der Waals surface area contributed by atoms with Crippen molar-refractivity contribution < 1.29 is 23.7 Å². The maximum absolute atomic E-state index is 12.3. The molecule has 1 atom stereocenters. The quantitative estimate of drug-likeness (QED) is 0.410. The summed E-state index contributed by atoms with van der Waals surface area (Å²) < 4.78 is 22.1. The molecule has 2 saturated heterocycles. The number of benzene rings is 1. The molecule has 1 N–H and O–H groups in total. The summed E-state index contributed by atoms with van der Waals surface area (Å²) in [6, 6.07) is 6.24. The van der Waals surface area contributed by atoms with E-state index in [1.165, 1.54) is 5.56 Å². The largest absolute Gasteiger partial charge is 0.466 e. The molecule has 4 rings (SSSR count). The average molecular weight is 446 g/mol. The first-order valence-corrected chi connectivity index (χ1v) is 11.8. The fourth-order valence-electron chi connectivity index (χ4n) is 4.80. The molecular weight excluding hydrogens is 410 g/mol. The van der Waals surface area contributed by atoms with Crippen molar-refractivity contribution in [1.82, 2.24) is 10.2 Å². The third-order valence-electron chi connectivity index (χ3n) is 6.64. The Hall–Kier alpha value is -2.48. The molecule has 32 heavy (non-hydrogen) atoms. The third kappa shape index (κ3) is 4.95. The Morgan fingerprint density at radius 3 is 2.84 bits per heavy atom. The third-order valence-corrected chi connectivity index (χ3v) is 6.64. The van der Waals surface area contributed by atoms with Crippen molar-refractivity contribution in [1.29, 1.82) is 0 Å². The number of guanidine groups is 1. The number of aliphatic imine (C=N–C) groups is 1. The van der Waals surface area contributed by atoms with Crippen LogP contribution in [0.4, 0.5) is 0 Å². The number of piperidine rings is 1. The first kappa shape index (κ1) is 22.7. The van der Waals surface area contributed by atoms with E-state index < -0.39 is 0 Å². The molecular formula is C24H35N3O5. The second-order valence-electron chi connectivity index (χ2n) is 8.67. The highest BCUT2D eigenvalue weighted by atomic mass is 16.7. The number of nitrogens with zero attached hydrogens (tertiary/aromatic N) is 2. The van der Waals surface area contributed by atoms with Crippen LogP contribution in [0.3, 0.4) is 0 Å². The normalized spacial score (nSPS) is 22.5. The van der Waals surface area contributed by atoms with Crippen molar-refractivity contribution in [3.05, 3.63) is 23.8 Å². The lowest BCUT2D eigenvalue weighted by molar-refractivity contribution is -0.149. The number of hydrogen-bond donors (Lipinski definition) is 1. The van der Waals surface area contributed by atoms with Gasteiger partial charge in [-0.1, -0.05) is 6.07 Å². The standard InChI is InChI=1S/C24H35N3O5/c1-3-25-23(27-11-5-6-18(15-27)22(28)30-4-2)26-16-24(9-12-29-13-10-24)19-7-8-20-21(14-19)32-17-31-20/h7-8,14,18H,3-6,9-13,15-17H2,1-2H3,(H,25,26). The van der Waals surface area contributed by atoms with E-state index in [1.807, 2.05) is 13.0 Å². The predicted molar refractivity (Wildman–Crippen MR) is 121 cm³/mol. The van der Waals surface area contributed by atoms with E-state index in [1.54, 1.807) is 0 Å². The predicted octanol–water partition coefficient (Wildman–Crippen LogP) is 2.70. The lowest BCUT2D eigenvalue weighted by Crippen LogP contribution is -2.49. The molecule has 0 aliphatic carbocycles.